The number of hydrogen-bond acceptors (Lipinski definition) is 2. The van der Waals surface area contributed by atoms with Crippen molar-refractivity contribution in [2.24, 2.45) is 16.2 Å². The molecule has 11 heteroatoms. The Balaban J connectivity index is 5.18. The fourth-order valence-corrected chi connectivity index (χ4v) is 2.98. The fraction of sp³-hybridized carbons (Fsp3) is 0.950. The number of ether oxygens (including phenoxy) is 1. The maximum atomic E-state index is 13.7. The zero-order valence-corrected chi connectivity index (χ0v) is 18.8. The minimum absolute atomic E-state index is 0.199. The van der Waals surface area contributed by atoms with Crippen molar-refractivity contribution in [3.63, 3.8) is 0 Å². The molecule has 0 aromatic carbocycles. The van der Waals surface area contributed by atoms with Crippen LogP contribution >= 0.6 is 0 Å². The molecule has 0 amide bonds. The molecule has 0 rings (SSSR count). The van der Waals surface area contributed by atoms with E-state index in [2.05, 4.69) is 0 Å². The number of alkyl halides is 9. The minimum atomic E-state index is -6.91. The molecule has 0 saturated carbocycles. The summed E-state index contributed by atoms with van der Waals surface area (Å²) in [7, 11) is 0. The third kappa shape index (κ3) is 7.17. The number of esters is 1. The highest BCUT2D eigenvalue weighted by Crippen LogP contribution is 2.54. The van der Waals surface area contributed by atoms with E-state index in [0.717, 1.165) is 6.42 Å². The van der Waals surface area contributed by atoms with E-state index in [1.165, 1.54) is 13.8 Å². The van der Waals surface area contributed by atoms with Gasteiger partial charge < -0.3 is 4.74 Å². The SMILES string of the molecule is CCC(C)(C)CC(C)(C)C(=O)OCC(C)(C)CCC(F)(F)C(F)(F)C(F)(F)C(F)(F)F. The van der Waals surface area contributed by atoms with Crippen molar-refractivity contribution >= 4 is 5.97 Å². The first kappa shape index (κ1) is 29.8. The van der Waals surface area contributed by atoms with Crippen molar-refractivity contribution < 1.29 is 49.0 Å². The van der Waals surface area contributed by atoms with Crippen LogP contribution in [0.5, 0.6) is 0 Å². The lowest BCUT2D eigenvalue weighted by atomic mass is 9.74. The lowest BCUT2D eigenvalue weighted by Gasteiger charge is -2.36. The third-order valence-corrected chi connectivity index (χ3v) is 5.35. The van der Waals surface area contributed by atoms with Gasteiger partial charge in [0.05, 0.1) is 12.0 Å². The van der Waals surface area contributed by atoms with Gasteiger partial charge >= 0.3 is 29.9 Å². The molecule has 0 fully saturated rings. The highest BCUT2D eigenvalue weighted by Gasteiger charge is 2.81. The summed E-state index contributed by atoms with van der Waals surface area (Å²) in [5, 5.41) is 0. The summed E-state index contributed by atoms with van der Waals surface area (Å²) in [5.74, 6) is -19.9. The van der Waals surface area contributed by atoms with Gasteiger partial charge in [0.15, 0.2) is 0 Å². The average molecular weight is 474 g/mol. The van der Waals surface area contributed by atoms with E-state index >= 15 is 0 Å². The second kappa shape index (κ2) is 9.00. The monoisotopic (exact) mass is 474 g/mol. The van der Waals surface area contributed by atoms with E-state index in [-0.39, 0.29) is 5.41 Å². The molecule has 186 valence electrons. The first-order valence-electron chi connectivity index (χ1n) is 9.73. The van der Waals surface area contributed by atoms with E-state index in [1.807, 2.05) is 20.8 Å². The lowest BCUT2D eigenvalue weighted by molar-refractivity contribution is -0.397. The maximum Gasteiger partial charge on any atom is 0.460 e. The fourth-order valence-electron chi connectivity index (χ4n) is 2.98. The van der Waals surface area contributed by atoms with Crippen LogP contribution in [0.25, 0.3) is 0 Å². The van der Waals surface area contributed by atoms with Gasteiger partial charge in [-0.15, -0.1) is 0 Å². The molecule has 2 nitrogen and oxygen atoms in total. The van der Waals surface area contributed by atoms with Gasteiger partial charge in [0.2, 0.25) is 0 Å². The summed E-state index contributed by atoms with van der Waals surface area (Å²) in [6.45, 7) is 11.0. The number of carbonyl (C=O) groups excluding carboxylic acids is 1. The molecule has 0 saturated heterocycles. The molecule has 0 atom stereocenters. The van der Waals surface area contributed by atoms with Gasteiger partial charge in [-0.25, -0.2) is 0 Å². The lowest BCUT2D eigenvalue weighted by Crippen LogP contribution is -2.61. The first-order valence-corrected chi connectivity index (χ1v) is 9.73. The molecule has 0 heterocycles. The quantitative estimate of drug-likeness (QED) is 0.227. The maximum absolute atomic E-state index is 13.7. The molecular weight excluding hydrogens is 443 g/mol. The zero-order valence-electron chi connectivity index (χ0n) is 18.8. The van der Waals surface area contributed by atoms with Crippen molar-refractivity contribution in [2.75, 3.05) is 6.61 Å². The van der Waals surface area contributed by atoms with Crippen LogP contribution in [0.4, 0.5) is 39.5 Å². The number of carbonyl (C=O) groups is 1. The van der Waals surface area contributed by atoms with Gasteiger partial charge in [-0.2, -0.15) is 39.5 Å². The summed E-state index contributed by atoms with van der Waals surface area (Å²) in [4.78, 5) is 12.4. The van der Waals surface area contributed by atoms with Crippen LogP contribution in [-0.2, 0) is 9.53 Å². The Bertz CT molecular complexity index is 621. The summed E-state index contributed by atoms with van der Waals surface area (Å²) >= 11 is 0. The Morgan fingerprint density at radius 3 is 1.55 bits per heavy atom. The predicted octanol–water partition coefficient (Wildman–Crippen LogP) is 7.66. The van der Waals surface area contributed by atoms with Crippen LogP contribution in [0.2, 0.25) is 0 Å². The third-order valence-electron chi connectivity index (χ3n) is 5.35. The molecule has 0 aromatic heterocycles. The number of halogens is 9. The molecule has 0 aliphatic rings. The van der Waals surface area contributed by atoms with Gasteiger partial charge in [0.25, 0.3) is 0 Å². The molecule has 0 aliphatic heterocycles. The summed E-state index contributed by atoms with van der Waals surface area (Å²) in [6, 6.07) is 0. The molecule has 0 N–H and O–H groups in total. The van der Waals surface area contributed by atoms with Gasteiger partial charge in [0, 0.05) is 6.42 Å². The molecule has 0 unspecified atom stereocenters. The normalized spacial score (nSPS) is 15.2. The van der Waals surface area contributed by atoms with Gasteiger partial charge in [-0.3, -0.25) is 4.79 Å². The van der Waals surface area contributed by atoms with Gasteiger partial charge in [-0.1, -0.05) is 41.0 Å². The standard InChI is InChI=1S/C20H31F9O2/c1-8-14(2,3)11-16(6,7)13(30)31-12-15(4,5)9-10-17(21,22)18(23,24)19(25,26)20(27,28)29/h8-12H2,1-7H3. The summed E-state index contributed by atoms with van der Waals surface area (Å²) < 4.78 is 122. The van der Waals surface area contributed by atoms with Crippen LogP contribution < -0.4 is 0 Å². The molecule has 0 spiro atoms. The van der Waals surface area contributed by atoms with Crippen LogP contribution in [0.3, 0.4) is 0 Å². The van der Waals surface area contributed by atoms with Crippen LogP contribution in [0.15, 0.2) is 0 Å². The zero-order chi connectivity index (χ0) is 25.3. The highest BCUT2D eigenvalue weighted by atomic mass is 19.4. The molecular formula is C20H31F9O2. The Hall–Kier alpha value is -1.16. The van der Waals surface area contributed by atoms with Crippen LogP contribution in [0.1, 0.15) is 74.1 Å². The van der Waals surface area contributed by atoms with Crippen molar-refractivity contribution in [3.05, 3.63) is 0 Å². The average Bonchev–Trinajstić information content (AvgIpc) is 2.56. The molecule has 31 heavy (non-hydrogen) atoms. The Kier molecular flexibility index (Phi) is 8.66. The van der Waals surface area contributed by atoms with E-state index in [1.54, 1.807) is 13.8 Å². The molecule has 0 radical (unpaired) electrons. The smallest absolute Gasteiger partial charge is 0.460 e. The van der Waals surface area contributed by atoms with E-state index in [4.69, 9.17) is 4.74 Å². The molecule has 0 aliphatic carbocycles. The van der Waals surface area contributed by atoms with Gasteiger partial charge in [-0.05, 0) is 37.5 Å². The van der Waals surface area contributed by atoms with E-state index in [9.17, 15) is 44.3 Å². The number of rotatable bonds is 11. The minimum Gasteiger partial charge on any atom is -0.465 e. The predicted molar refractivity (Wildman–Crippen MR) is 97.3 cm³/mol. The van der Waals surface area contributed by atoms with E-state index in [0.29, 0.717) is 6.42 Å². The highest BCUT2D eigenvalue weighted by molar-refractivity contribution is 5.76. The first-order chi connectivity index (χ1) is 13.4. The van der Waals surface area contributed by atoms with Crippen LogP contribution in [-0.4, -0.2) is 36.5 Å². The second-order valence-electron chi connectivity index (χ2n) is 10.2. The Labute approximate surface area is 176 Å². The Morgan fingerprint density at radius 1 is 0.710 bits per heavy atom. The Morgan fingerprint density at radius 2 is 1.16 bits per heavy atom. The van der Waals surface area contributed by atoms with Gasteiger partial charge in [0.1, 0.15) is 0 Å². The van der Waals surface area contributed by atoms with Crippen LogP contribution in [0, 0.1) is 16.2 Å². The summed E-state index contributed by atoms with van der Waals surface area (Å²) in [6.07, 6.45) is -8.49. The molecule has 0 aromatic rings. The number of hydrogen-bond donors (Lipinski definition) is 0. The van der Waals surface area contributed by atoms with Crippen molar-refractivity contribution in [1.29, 1.82) is 0 Å². The van der Waals surface area contributed by atoms with Crippen molar-refractivity contribution in [2.45, 2.75) is 98.1 Å². The second-order valence-corrected chi connectivity index (χ2v) is 10.2. The topological polar surface area (TPSA) is 26.3 Å². The largest absolute Gasteiger partial charge is 0.465 e. The summed E-state index contributed by atoms with van der Waals surface area (Å²) in [5.41, 5.74) is -2.52. The molecule has 0 bridgehead atoms. The van der Waals surface area contributed by atoms with E-state index < -0.39 is 60.2 Å². The van der Waals surface area contributed by atoms with Crippen molar-refractivity contribution in [3.8, 4) is 0 Å². The van der Waals surface area contributed by atoms with Crippen molar-refractivity contribution in [1.82, 2.24) is 0 Å².